The van der Waals surface area contributed by atoms with Crippen molar-refractivity contribution in [3.05, 3.63) is 40.4 Å². The van der Waals surface area contributed by atoms with Crippen LogP contribution in [0, 0.1) is 0 Å². The molecule has 0 spiro atoms. The van der Waals surface area contributed by atoms with E-state index in [1.165, 1.54) is 6.08 Å². The summed E-state index contributed by atoms with van der Waals surface area (Å²) in [6.07, 6.45) is 3.17. The lowest BCUT2D eigenvalue weighted by atomic mass is 10.0. The van der Waals surface area contributed by atoms with Crippen LogP contribution in [0.25, 0.3) is 6.08 Å². The molecule has 0 aromatic heterocycles. The Kier molecular flexibility index (Phi) is 5.82. The molecule has 1 aromatic carbocycles. The van der Waals surface area contributed by atoms with E-state index in [1.807, 2.05) is 24.3 Å². The zero-order valence-corrected chi connectivity index (χ0v) is 15.5. The summed E-state index contributed by atoms with van der Waals surface area (Å²) < 4.78 is 28.7. The van der Waals surface area contributed by atoms with Gasteiger partial charge in [0.2, 0.25) is 0 Å². The van der Waals surface area contributed by atoms with Gasteiger partial charge in [-0.05, 0) is 37.1 Å². The topological polar surface area (TPSA) is 89.5 Å². The number of hydrogen-bond acceptors (Lipinski definition) is 5. The predicted octanol–water partition coefficient (Wildman–Crippen LogP) is 1.70. The zero-order valence-electron chi connectivity index (χ0n) is 13.1. The molecular formula is C16H18BrNO5S. The highest BCUT2D eigenvalue weighted by Gasteiger charge is 2.39. The number of halogens is 1. The Morgan fingerprint density at radius 1 is 1.42 bits per heavy atom. The van der Waals surface area contributed by atoms with Gasteiger partial charge >= 0.3 is 5.97 Å². The average molecular weight is 416 g/mol. The first kappa shape index (κ1) is 18.7. The van der Waals surface area contributed by atoms with Crippen LogP contribution in [0.2, 0.25) is 0 Å². The van der Waals surface area contributed by atoms with E-state index in [2.05, 4.69) is 21.2 Å². The fraction of sp³-hybridized carbons (Fsp3) is 0.375. The molecule has 8 heteroatoms. The Balaban J connectivity index is 1.80. The van der Waals surface area contributed by atoms with Crippen LogP contribution in [0.4, 0.5) is 0 Å². The Morgan fingerprint density at radius 3 is 2.79 bits per heavy atom. The minimum Gasteiger partial charge on any atom is -0.452 e. The minimum atomic E-state index is -3.11. The van der Waals surface area contributed by atoms with Crippen LogP contribution in [-0.4, -0.2) is 43.9 Å². The molecule has 1 fully saturated rings. The first-order chi connectivity index (χ1) is 11.2. The van der Waals surface area contributed by atoms with Crippen molar-refractivity contribution in [3.8, 4) is 0 Å². The van der Waals surface area contributed by atoms with Crippen molar-refractivity contribution < 1.29 is 22.7 Å². The molecule has 1 saturated heterocycles. The van der Waals surface area contributed by atoms with Crippen LogP contribution in [0.5, 0.6) is 0 Å². The second kappa shape index (κ2) is 7.48. The molecule has 0 bridgehead atoms. The summed E-state index contributed by atoms with van der Waals surface area (Å²) in [5.41, 5.74) is 0.0172. The quantitative estimate of drug-likeness (QED) is 0.583. The monoisotopic (exact) mass is 415 g/mol. The lowest BCUT2D eigenvalue weighted by Gasteiger charge is -2.23. The summed E-state index contributed by atoms with van der Waals surface area (Å²) >= 11 is 3.33. The third-order valence-corrected chi connectivity index (χ3v) is 5.95. The number of carbonyl (C=O) groups is 2. The number of esters is 1. The Labute approximate surface area is 149 Å². The number of hydrogen-bond donors (Lipinski definition) is 1. The van der Waals surface area contributed by atoms with Crippen LogP contribution in [0.3, 0.4) is 0 Å². The number of benzene rings is 1. The van der Waals surface area contributed by atoms with Gasteiger partial charge in [0, 0.05) is 10.5 Å². The SMILES string of the molecule is C[C@]1(NC(=O)COC(=O)/C=C/c2cccc(Br)c2)CCS(=O)(=O)C1. The molecule has 1 amide bonds. The van der Waals surface area contributed by atoms with E-state index in [9.17, 15) is 18.0 Å². The van der Waals surface area contributed by atoms with Crippen molar-refractivity contribution in [3.63, 3.8) is 0 Å². The number of sulfone groups is 1. The van der Waals surface area contributed by atoms with Gasteiger partial charge in [0.1, 0.15) is 0 Å². The maximum absolute atomic E-state index is 11.8. The van der Waals surface area contributed by atoms with Gasteiger partial charge in [-0.1, -0.05) is 28.1 Å². The smallest absolute Gasteiger partial charge is 0.331 e. The summed E-state index contributed by atoms with van der Waals surface area (Å²) in [4.78, 5) is 23.5. The molecule has 1 N–H and O–H groups in total. The molecule has 1 aliphatic heterocycles. The van der Waals surface area contributed by atoms with Gasteiger partial charge in [-0.25, -0.2) is 13.2 Å². The minimum absolute atomic E-state index is 0.0545. The summed E-state index contributed by atoms with van der Waals surface area (Å²) in [7, 11) is -3.11. The summed E-state index contributed by atoms with van der Waals surface area (Å²) in [5.74, 6) is -1.20. The van der Waals surface area contributed by atoms with Crippen molar-refractivity contribution >= 4 is 43.7 Å². The van der Waals surface area contributed by atoms with Gasteiger partial charge in [-0.15, -0.1) is 0 Å². The van der Waals surface area contributed by atoms with E-state index in [0.29, 0.717) is 6.42 Å². The molecule has 0 radical (unpaired) electrons. The van der Waals surface area contributed by atoms with E-state index >= 15 is 0 Å². The van der Waals surface area contributed by atoms with Gasteiger partial charge in [-0.2, -0.15) is 0 Å². The molecule has 1 atom stereocenters. The van der Waals surface area contributed by atoms with Crippen molar-refractivity contribution in [2.24, 2.45) is 0 Å². The number of nitrogens with one attached hydrogen (secondary N) is 1. The molecule has 0 saturated carbocycles. The fourth-order valence-electron chi connectivity index (χ4n) is 2.44. The zero-order chi connectivity index (χ0) is 17.8. The number of rotatable bonds is 5. The lowest BCUT2D eigenvalue weighted by molar-refractivity contribution is -0.144. The van der Waals surface area contributed by atoms with Crippen LogP contribution < -0.4 is 5.32 Å². The molecule has 1 aliphatic rings. The molecule has 2 rings (SSSR count). The van der Waals surface area contributed by atoms with Gasteiger partial charge < -0.3 is 10.1 Å². The second-order valence-electron chi connectivity index (χ2n) is 5.95. The van der Waals surface area contributed by atoms with Crippen LogP contribution >= 0.6 is 15.9 Å². The molecule has 130 valence electrons. The van der Waals surface area contributed by atoms with E-state index in [0.717, 1.165) is 10.0 Å². The predicted molar refractivity (Wildman–Crippen MR) is 94.0 cm³/mol. The van der Waals surface area contributed by atoms with Gasteiger partial charge in [0.05, 0.1) is 17.0 Å². The van der Waals surface area contributed by atoms with E-state index in [1.54, 1.807) is 13.0 Å². The fourth-order valence-corrected chi connectivity index (χ4v) is 4.95. The maximum atomic E-state index is 11.8. The molecule has 1 heterocycles. The van der Waals surface area contributed by atoms with Crippen molar-refractivity contribution in [1.82, 2.24) is 5.32 Å². The van der Waals surface area contributed by atoms with Crippen LogP contribution in [-0.2, 0) is 24.2 Å². The molecule has 6 nitrogen and oxygen atoms in total. The summed E-state index contributed by atoms with van der Waals surface area (Å²) in [6, 6.07) is 7.35. The van der Waals surface area contributed by atoms with Crippen LogP contribution in [0.1, 0.15) is 18.9 Å². The van der Waals surface area contributed by atoms with E-state index < -0.39 is 33.9 Å². The number of amides is 1. The first-order valence-electron chi connectivity index (χ1n) is 7.29. The highest BCUT2D eigenvalue weighted by Crippen LogP contribution is 2.22. The van der Waals surface area contributed by atoms with Gasteiger partial charge in [0.25, 0.3) is 5.91 Å². The Morgan fingerprint density at radius 2 is 2.17 bits per heavy atom. The average Bonchev–Trinajstić information content (AvgIpc) is 2.76. The molecular weight excluding hydrogens is 398 g/mol. The highest BCUT2D eigenvalue weighted by atomic mass is 79.9. The maximum Gasteiger partial charge on any atom is 0.331 e. The molecule has 0 unspecified atom stereocenters. The van der Waals surface area contributed by atoms with Crippen LogP contribution in [0.15, 0.2) is 34.8 Å². The third-order valence-electron chi connectivity index (χ3n) is 3.55. The normalized spacial score (nSPS) is 22.4. The Bertz CT molecular complexity index is 774. The summed E-state index contributed by atoms with van der Waals surface area (Å²) in [5, 5.41) is 2.62. The van der Waals surface area contributed by atoms with E-state index in [4.69, 9.17) is 4.74 Å². The van der Waals surface area contributed by atoms with Gasteiger partial charge in [-0.3, -0.25) is 4.79 Å². The molecule has 1 aromatic rings. The highest BCUT2D eigenvalue weighted by molar-refractivity contribution is 9.10. The Hall–Kier alpha value is -1.67. The lowest BCUT2D eigenvalue weighted by Crippen LogP contribution is -2.48. The number of carbonyl (C=O) groups excluding carboxylic acids is 2. The van der Waals surface area contributed by atoms with Crippen molar-refractivity contribution in [2.45, 2.75) is 18.9 Å². The molecule has 0 aliphatic carbocycles. The van der Waals surface area contributed by atoms with Gasteiger partial charge in [0.15, 0.2) is 16.4 Å². The molecule has 24 heavy (non-hydrogen) atoms. The van der Waals surface area contributed by atoms with Crippen molar-refractivity contribution in [1.29, 1.82) is 0 Å². The standard InChI is InChI=1S/C16H18BrNO5S/c1-16(7-8-24(21,22)11-16)18-14(19)10-23-15(20)6-5-12-3-2-4-13(17)9-12/h2-6,9H,7-8,10-11H2,1H3,(H,18,19)/b6-5+/t16-/m0/s1. The van der Waals surface area contributed by atoms with Crippen molar-refractivity contribution in [2.75, 3.05) is 18.1 Å². The third kappa shape index (κ3) is 5.76. The summed E-state index contributed by atoms with van der Waals surface area (Å²) in [6.45, 7) is 1.22. The second-order valence-corrected chi connectivity index (χ2v) is 9.05. The number of ether oxygens (including phenoxy) is 1. The first-order valence-corrected chi connectivity index (χ1v) is 9.91. The largest absolute Gasteiger partial charge is 0.452 e. The van der Waals surface area contributed by atoms with E-state index in [-0.39, 0.29) is 11.5 Å².